The van der Waals surface area contributed by atoms with Crippen molar-refractivity contribution in [2.45, 2.75) is 6.17 Å². The molecular weight excluding hydrogens is 205 g/mol. The fourth-order valence-corrected chi connectivity index (χ4v) is 1.87. The Morgan fingerprint density at radius 1 is 1.25 bits per heavy atom. The van der Waals surface area contributed by atoms with E-state index >= 15 is 0 Å². The van der Waals surface area contributed by atoms with Crippen LogP contribution in [0.3, 0.4) is 0 Å². The van der Waals surface area contributed by atoms with Crippen molar-refractivity contribution in [1.29, 1.82) is 0 Å². The third-order valence-corrected chi connectivity index (χ3v) is 2.69. The van der Waals surface area contributed by atoms with E-state index in [4.69, 9.17) is 0 Å². The van der Waals surface area contributed by atoms with Crippen LogP contribution in [0.1, 0.15) is 16.1 Å². The van der Waals surface area contributed by atoms with E-state index in [0.717, 1.165) is 10.9 Å². The molecule has 2 nitrogen and oxygen atoms in total. The number of rotatable bonds is 0. The average molecular weight is 213 g/mol. The van der Waals surface area contributed by atoms with E-state index in [1.807, 2.05) is 24.3 Å². The summed E-state index contributed by atoms with van der Waals surface area (Å²) in [7, 11) is 0. The lowest BCUT2D eigenvalue weighted by atomic mass is 9.97. The molecule has 1 aromatic heterocycles. The number of fused-ring (bicyclic) bond motifs is 2. The summed E-state index contributed by atoms with van der Waals surface area (Å²) in [6.45, 7) is 0. The first kappa shape index (κ1) is 9.21. The summed E-state index contributed by atoms with van der Waals surface area (Å²) in [6.07, 6.45) is 1.27. The average Bonchev–Trinajstić information content (AvgIpc) is 2.32. The maximum Gasteiger partial charge on any atom is 0.203 e. The van der Waals surface area contributed by atoms with E-state index in [2.05, 4.69) is 4.98 Å². The number of para-hydroxylation sites is 1. The molecule has 3 rings (SSSR count). The molecule has 0 bridgehead atoms. The maximum atomic E-state index is 13.2. The first-order chi connectivity index (χ1) is 7.75. The predicted octanol–water partition coefficient (Wildman–Crippen LogP) is 2.78. The van der Waals surface area contributed by atoms with Crippen molar-refractivity contribution in [2.75, 3.05) is 0 Å². The molecular formula is C13H8FNO. The van der Waals surface area contributed by atoms with Crippen LogP contribution >= 0.6 is 0 Å². The summed E-state index contributed by atoms with van der Waals surface area (Å²) >= 11 is 0. The van der Waals surface area contributed by atoms with Gasteiger partial charge in [-0.25, -0.2) is 9.37 Å². The van der Waals surface area contributed by atoms with Crippen molar-refractivity contribution in [2.24, 2.45) is 0 Å². The summed E-state index contributed by atoms with van der Waals surface area (Å²) in [5.74, 6) is -0.504. The maximum absolute atomic E-state index is 13.2. The molecule has 0 fully saturated rings. The van der Waals surface area contributed by atoms with E-state index in [0.29, 0.717) is 11.3 Å². The standard InChI is InChI=1S/C13H8FNO/c14-10-5-6-12-9(13(10)16)7-8-3-1-2-4-11(8)15-12/h1-7,10H. The minimum atomic E-state index is -1.53. The van der Waals surface area contributed by atoms with E-state index < -0.39 is 12.0 Å². The van der Waals surface area contributed by atoms with Gasteiger partial charge in [0.2, 0.25) is 5.78 Å². The molecule has 1 aromatic carbocycles. The molecule has 0 aliphatic heterocycles. The van der Waals surface area contributed by atoms with Gasteiger partial charge in [-0.3, -0.25) is 4.79 Å². The lowest BCUT2D eigenvalue weighted by Crippen LogP contribution is -2.18. The summed E-state index contributed by atoms with van der Waals surface area (Å²) in [5.41, 5.74) is 1.74. The summed E-state index contributed by atoms with van der Waals surface area (Å²) in [5, 5.41) is 0.858. The van der Waals surface area contributed by atoms with Crippen molar-refractivity contribution in [3.05, 3.63) is 47.7 Å². The van der Waals surface area contributed by atoms with Gasteiger partial charge in [-0.1, -0.05) is 18.2 Å². The Morgan fingerprint density at radius 2 is 2.06 bits per heavy atom. The molecule has 1 heterocycles. The van der Waals surface area contributed by atoms with E-state index in [-0.39, 0.29) is 0 Å². The second-order valence-corrected chi connectivity index (χ2v) is 3.74. The van der Waals surface area contributed by atoms with Gasteiger partial charge in [-0.2, -0.15) is 0 Å². The highest BCUT2D eigenvalue weighted by molar-refractivity contribution is 6.07. The monoisotopic (exact) mass is 213 g/mol. The van der Waals surface area contributed by atoms with Crippen LogP contribution in [0.25, 0.3) is 17.0 Å². The van der Waals surface area contributed by atoms with Crippen molar-refractivity contribution in [3.8, 4) is 0 Å². The van der Waals surface area contributed by atoms with Crippen molar-refractivity contribution in [1.82, 2.24) is 4.98 Å². The highest BCUT2D eigenvalue weighted by atomic mass is 19.1. The number of benzene rings is 1. The number of nitrogens with zero attached hydrogens (tertiary/aromatic N) is 1. The molecule has 78 valence electrons. The molecule has 0 saturated heterocycles. The van der Waals surface area contributed by atoms with Crippen LogP contribution in [0.2, 0.25) is 0 Å². The molecule has 1 aliphatic rings. The van der Waals surface area contributed by atoms with Crippen molar-refractivity contribution >= 4 is 22.8 Å². The zero-order valence-electron chi connectivity index (χ0n) is 8.35. The van der Waals surface area contributed by atoms with E-state index in [1.165, 1.54) is 6.08 Å². The normalized spacial score (nSPS) is 18.8. The minimum absolute atomic E-state index is 0.369. The van der Waals surface area contributed by atoms with Gasteiger partial charge in [-0.05, 0) is 24.3 Å². The molecule has 0 amide bonds. The number of pyridine rings is 1. The first-order valence-electron chi connectivity index (χ1n) is 5.02. The van der Waals surface area contributed by atoms with Crippen LogP contribution in [0.4, 0.5) is 4.39 Å². The van der Waals surface area contributed by atoms with Crippen molar-refractivity contribution < 1.29 is 9.18 Å². The Bertz CT molecular complexity index is 618. The van der Waals surface area contributed by atoms with Gasteiger partial charge < -0.3 is 0 Å². The zero-order chi connectivity index (χ0) is 11.1. The molecule has 16 heavy (non-hydrogen) atoms. The minimum Gasteiger partial charge on any atom is -0.290 e. The number of ketones is 1. The van der Waals surface area contributed by atoms with Crippen LogP contribution in [0, 0.1) is 0 Å². The lowest BCUT2D eigenvalue weighted by Gasteiger charge is -2.12. The summed E-state index contributed by atoms with van der Waals surface area (Å²) < 4.78 is 13.2. The Kier molecular flexibility index (Phi) is 1.86. The van der Waals surface area contributed by atoms with Crippen LogP contribution < -0.4 is 0 Å². The Balaban J connectivity index is 2.33. The smallest absolute Gasteiger partial charge is 0.203 e. The van der Waals surface area contributed by atoms with Crippen LogP contribution in [0.15, 0.2) is 36.4 Å². The number of carbonyl (C=O) groups excluding carboxylic acids is 1. The number of alkyl halides is 1. The number of hydrogen-bond donors (Lipinski definition) is 0. The summed E-state index contributed by atoms with van der Waals surface area (Å²) in [4.78, 5) is 15.9. The van der Waals surface area contributed by atoms with Crippen LogP contribution in [-0.2, 0) is 0 Å². The highest BCUT2D eigenvalue weighted by Gasteiger charge is 2.23. The second-order valence-electron chi connectivity index (χ2n) is 3.74. The SMILES string of the molecule is O=C1c2cc3ccccc3nc2C=CC1F. The van der Waals surface area contributed by atoms with Gasteiger partial charge >= 0.3 is 0 Å². The second kappa shape index (κ2) is 3.23. The number of Topliss-reactive ketones (excluding diaryl/α,β-unsaturated/α-hetero) is 1. The molecule has 0 spiro atoms. The fraction of sp³-hybridized carbons (Fsp3) is 0.0769. The van der Waals surface area contributed by atoms with Gasteiger partial charge in [0, 0.05) is 10.9 Å². The van der Waals surface area contributed by atoms with Gasteiger partial charge in [-0.15, -0.1) is 0 Å². The highest BCUT2D eigenvalue weighted by Crippen LogP contribution is 2.23. The van der Waals surface area contributed by atoms with Gasteiger partial charge in [0.25, 0.3) is 0 Å². The Hall–Kier alpha value is -2.03. The van der Waals surface area contributed by atoms with Gasteiger partial charge in [0.1, 0.15) is 0 Å². The van der Waals surface area contributed by atoms with Gasteiger partial charge in [0.15, 0.2) is 6.17 Å². The van der Waals surface area contributed by atoms with E-state index in [1.54, 1.807) is 12.1 Å². The van der Waals surface area contributed by atoms with Crippen LogP contribution in [0.5, 0.6) is 0 Å². The number of allylic oxidation sites excluding steroid dienone is 1. The molecule has 1 unspecified atom stereocenters. The zero-order valence-corrected chi connectivity index (χ0v) is 8.35. The molecule has 0 saturated carbocycles. The largest absolute Gasteiger partial charge is 0.290 e. The number of aromatic nitrogens is 1. The molecule has 1 aliphatic carbocycles. The summed E-state index contributed by atoms with van der Waals surface area (Å²) in [6, 6.07) is 9.19. The van der Waals surface area contributed by atoms with Crippen LogP contribution in [-0.4, -0.2) is 16.9 Å². The van der Waals surface area contributed by atoms with E-state index in [9.17, 15) is 9.18 Å². The Labute approximate surface area is 91.4 Å². The Morgan fingerprint density at radius 3 is 2.94 bits per heavy atom. The molecule has 1 atom stereocenters. The fourth-order valence-electron chi connectivity index (χ4n) is 1.87. The van der Waals surface area contributed by atoms with Gasteiger partial charge in [0.05, 0.1) is 11.2 Å². The third kappa shape index (κ3) is 1.25. The number of halogens is 1. The molecule has 2 aromatic rings. The third-order valence-electron chi connectivity index (χ3n) is 2.69. The topological polar surface area (TPSA) is 30.0 Å². The molecule has 0 radical (unpaired) electrons. The quantitative estimate of drug-likeness (QED) is 0.673. The predicted molar refractivity (Wildman–Crippen MR) is 60.0 cm³/mol. The molecule has 0 N–H and O–H groups in total. The van der Waals surface area contributed by atoms with Crippen molar-refractivity contribution in [3.63, 3.8) is 0 Å². The molecule has 3 heteroatoms. The number of hydrogen-bond acceptors (Lipinski definition) is 2. The lowest BCUT2D eigenvalue weighted by molar-refractivity contribution is 0.0911. The first-order valence-corrected chi connectivity index (χ1v) is 5.02. The number of carbonyl (C=O) groups is 1.